The Kier molecular flexibility index (Phi) is 3.57. The molecule has 0 aliphatic carbocycles. The van der Waals surface area contributed by atoms with Gasteiger partial charge < -0.3 is 5.11 Å². The number of aromatic nitrogens is 1. The molecule has 1 aromatic heterocycles. The predicted octanol–water partition coefficient (Wildman–Crippen LogP) is 2.26. The van der Waals surface area contributed by atoms with E-state index in [0.29, 0.717) is 0 Å². The first-order valence-electron chi connectivity index (χ1n) is 5.52. The lowest BCUT2D eigenvalue weighted by Gasteiger charge is -2.06. The monoisotopic (exact) mass is 289 g/mol. The van der Waals surface area contributed by atoms with E-state index in [4.69, 9.17) is 5.11 Å². The van der Waals surface area contributed by atoms with Crippen LogP contribution < -0.4 is 0 Å². The van der Waals surface area contributed by atoms with Gasteiger partial charge in [0.05, 0.1) is 21.0 Å². The first kappa shape index (κ1) is 14.1. The summed E-state index contributed by atoms with van der Waals surface area (Å²) in [7, 11) is 0. The van der Waals surface area contributed by atoms with Gasteiger partial charge in [0.2, 0.25) is 0 Å². The molecule has 21 heavy (non-hydrogen) atoms. The number of benzene rings is 1. The SMILES string of the molecule is O=C(O)c1cncc([N+](=O)[O-])c1-c1cccc([N+](=O)[O-])c1. The number of carboxylic acid groups (broad SMARTS) is 1. The summed E-state index contributed by atoms with van der Waals surface area (Å²) >= 11 is 0. The van der Waals surface area contributed by atoms with Gasteiger partial charge in [-0.1, -0.05) is 12.1 Å². The van der Waals surface area contributed by atoms with Crippen molar-refractivity contribution in [2.45, 2.75) is 0 Å². The molecule has 0 saturated heterocycles. The summed E-state index contributed by atoms with van der Waals surface area (Å²) < 4.78 is 0. The summed E-state index contributed by atoms with van der Waals surface area (Å²) in [6, 6.07) is 4.97. The molecule has 1 N–H and O–H groups in total. The van der Waals surface area contributed by atoms with E-state index in [1.165, 1.54) is 18.2 Å². The quantitative estimate of drug-likeness (QED) is 0.673. The molecule has 0 radical (unpaired) electrons. The van der Waals surface area contributed by atoms with Crippen LogP contribution in [0.15, 0.2) is 36.7 Å². The third kappa shape index (κ3) is 2.66. The van der Waals surface area contributed by atoms with Crippen molar-refractivity contribution in [3.63, 3.8) is 0 Å². The molecular weight excluding hydrogens is 282 g/mol. The fourth-order valence-corrected chi connectivity index (χ4v) is 1.83. The Morgan fingerprint density at radius 3 is 2.43 bits per heavy atom. The molecule has 2 rings (SSSR count). The third-order valence-corrected chi connectivity index (χ3v) is 2.70. The smallest absolute Gasteiger partial charge is 0.338 e. The highest BCUT2D eigenvalue weighted by atomic mass is 16.6. The third-order valence-electron chi connectivity index (χ3n) is 2.70. The average Bonchev–Trinajstić information content (AvgIpc) is 2.46. The number of aromatic carboxylic acids is 1. The highest BCUT2D eigenvalue weighted by molar-refractivity contribution is 5.98. The number of nitrogens with zero attached hydrogens (tertiary/aromatic N) is 3. The van der Waals surface area contributed by atoms with Crippen LogP contribution in [0.1, 0.15) is 10.4 Å². The van der Waals surface area contributed by atoms with Crippen molar-refractivity contribution >= 4 is 17.3 Å². The minimum absolute atomic E-state index is 0.0655. The number of carboxylic acids is 1. The molecule has 1 heterocycles. The van der Waals surface area contributed by atoms with Crippen molar-refractivity contribution in [2.75, 3.05) is 0 Å². The van der Waals surface area contributed by atoms with E-state index in [0.717, 1.165) is 18.5 Å². The Balaban J connectivity index is 2.77. The topological polar surface area (TPSA) is 136 Å². The van der Waals surface area contributed by atoms with Gasteiger partial charge in [0.15, 0.2) is 0 Å². The van der Waals surface area contributed by atoms with Gasteiger partial charge in [-0.3, -0.25) is 25.2 Å². The summed E-state index contributed by atoms with van der Waals surface area (Å²) in [4.78, 5) is 35.0. The zero-order chi connectivity index (χ0) is 15.6. The molecule has 0 unspecified atom stereocenters. The molecule has 0 bridgehead atoms. The molecule has 0 aliphatic heterocycles. The van der Waals surface area contributed by atoms with Crippen LogP contribution in [0.4, 0.5) is 11.4 Å². The number of rotatable bonds is 4. The molecular formula is C12H7N3O6. The number of nitro benzene ring substituents is 1. The summed E-state index contributed by atoms with van der Waals surface area (Å²) in [5.41, 5.74) is -1.38. The maximum absolute atomic E-state index is 11.2. The highest BCUT2D eigenvalue weighted by Crippen LogP contribution is 2.34. The van der Waals surface area contributed by atoms with Gasteiger partial charge in [0.25, 0.3) is 11.4 Å². The Hall–Kier alpha value is -3.36. The molecule has 0 spiro atoms. The molecule has 9 nitrogen and oxygen atoms in total. The predicted molar refractivity (Wildman–Crippen MR) is 69.9 cm³/mol. The second-order valence-corrected chi connectivity index (χ2v) is 3.95. The van der Waals surface area contributed by atoms with E-state index in [1.54, 1.807) is 0 Å². The fourth-order valence-electron chi connectivity index (χ4n) is 1.83. The van der Waals surface area contributed by atoms with Crippen molar-refractivity contribution in [1.82, 2.24) is 4.98 Å². The van der Waals surface area contributed by atoms with Gasteiger partial charge in [-0.2, -0.15) is 0 Å². The summed E-state index contributed by atoms with van der Waals surface area (Å²) in [6.45, 7) is 0. The van der Waals surface area contributed by atoms with Gasteiger partial charge in [-0.25, -0.2) is 4.79 Å². The first-order valence-corrected chi connectivity index (χ1v) is 5.52. The maximum Gasteiger partial charge on any atom is 0.338 e. The molecule has 0 amide bonds. The molecule has 106 valence electrons. The van der Waals surface area contributed by atoms with Crippen LogP contribution in [0.2, 0.25) is 0 Å². The molecule has 0 saturated carbocycles. The van der Waals surface area contributed by atoms with Crippen molar-refractivity contribution in [3.05, 3.63) is 62.5 Å². The van der Waals surface area contributed by atoms with Crippen molar-refractivity contribution in [1.29, 1.82) is 0 Å². The van der Waals surface area contributed by atoms with Crippen LogP contribution in [-0.2, 0) is 0 Å². The molecule has 2 aromatic rings. The van der Waals surface area contributed by atoms with E-state index in [-0.39, 0.29) is 16.8 Å². The lowest BCUT2D eigenvalue weighted by molar-refractivity contribution is -0.385. The lowest BCUT2D eigenvalue weighted by Crippen LogP contribution is -2.04. The number of nitro groups is 2. The summed E-state index contributed by atoms with van der Waals surface area (Å²) in [5, 5.41) is 30.9. The highest BCUT2D eigenvalue weighted by Gasteiger charge is 2.24. The van der Waals surface area contributed by atoms with E-state index in [9.17, 15) is 25.0 Å². The van der Waals surface area contributed by atoms with Crippen LogP contribution in [0.5, 0.6) is 0 Å². The standard InChI is InChI=1S/C12H7N3O6/c16-12(17)9-5-13-6-10(15(20)21)11(9)7-2-1-3-8(4-7)14(18)19/h1-6H,(H,16,17). The van der Waals surface area contributed by atoms with Gasteiger partial charge in [0, 0.05) is 18.3 Å². The molecule has 0 fully saturated rings. The number of hydrogen-bond acceptors (Lipinski definition) is 6. The molecule has 0 aliphatic rings. The van der Waals surface area contributed by atoms with E-state index in [2.05, 4.69) is 4.98 Å². The summed E-state index contributed by atoms with van der Waals surface area (Å²) in [5.74, 6) is -1.41. The minimum atomic E-state index is -1.41. The Morgan fingerprint density at radius 1 is 1.14 bits per heavy atom. The van der Waals surface area contributed by atoms with Gasteiger partial charge in [-0.15, -0.1) is 0 Å². The van der Waals surface area contributed by atoms with Crippen LogP contribution in [0.3, 0.4) is 0 Å². The second-order valence-electron chi connectivity index (χ2n) is 3.95. The maximum atomic E-state index is 11.2. The molecule has 0 atom stereocenters. The average molecular weight is 289 g/mol. The number of hydrogen-bond donors (Lipinski definition) is 1. The van der Waals surface area contributed by atoms with Gasteiger partial charge >= 0.3 is 5.97 Å². The minimum Gasteiger partial charge on any atom is -0.478 e. The Morgan fingerprint density at radius 2 is 1.86 bits per heavy atom. The Labute approximate surface area is 116 Å². The van der Waals surface area contributed by atoms with Gasteiger partial charge in [0.1, 0.15) is 6.20 Å². The van der Waals surface area contributed by atoms with Crippen LogP contribution in [0, 0.1) is 20.2 Å². The Bertz CT molecular complexity index is 726. The second kappa shape index (κ2) is 5.33. The van der Waals surface area contributed by atoms with Crippen LogP contribution in [-0.4, -0.2) is 25.9 Å². The molecule has 1 aromatic carbocycles. The number of carbonyl (C=O) groups is 1. The number of pyridine rings is 1. The zero-order valence-corrected chi connectivity index (χ0v) is 10.3. The first-order chi connectivity index (χ1) is 9.91. The van der Waals surface area contributed by atoms with Crippen LogP contribution >= 0.6 is 0 Å². The van der Waals surface area contributed by atoms with Crippen molar-refractivity contribution in [3.8, 4) is 11.1 Å². The van der Waals surface area contributed by atoms with Gasteiger partial charge in [-0.05, 0) is 5.56 Å². The zero-order valence-electron chi connectivity index (χ0n) is 10.3. The van der Waals surface area contributed by atoms with Crippen molar-refractivity contribution in [2.24, 2.45) is 0 Å². The van der Waals surface area contributed by atoms with E-state index < -0.39 is 27.1 Å². The van der Waals surface area contributed by atoms with E-state index in [1.807, 2.05) is 0 Å². The fraction of sp³-hybridized carbons (Fsp3) is 0. The van der Waals surface area contributed by atoms with Crippen LogP contribution in [0.25, 0.3) is 11.1 Å². The lowest BCUT2D eigenvalue weighted by atomic mass is 9.99. The molecule has 9 heteroatoms. The largest absolute Gasteiger partial charge is 0.478 e. The normalized spacial score (nSPS) is 10.1. The van der Waals surface area contributed by atoms with E-state index >= 15 is 0 Å². The van der Waals surface area contributed by atoms with Crippen molar-refractivity contribution < 1.29 is 19.7 Å². The summed E-state index contributed by atoms with van der Waals surface area (Å²) in [6.07, 6.45) is 1.87. The number of non-ortho nitro benzene ring substituents is 1.